The van der Waals surface area contributed by atoms with Crippen LogP contribution in [0, 0.1) is 13.8 Å². The number of hydrogen-bond donors (Lipinski definition) is 2. The Bertz CT molecular complexity index is 954. The summed E-state index contributed by atoms with van der Waals surface area (Å²) in [4.78, 5) is 16.8. The Morgan fingerprint density at radius 2 is 1.81 bits per heavy atom. The molecule has 0 fully saturated rings. The van der Waals surface area contributed by atoms with Gasteiger partial charge in [-0.1, -0.05) is 18.2 Å². The molecule has 2 N–H and O–H groups in total. The predicted molar refractivity (Wildman–Crippen MR) is 109 cm³/mol. The molecular formula is C22H23N3O2. The summed E-state index contributed by atoms with van der Waals surface area (Å²) in [6.45, 7) is 6.58. The number of amides is 1. The van der Waals surface area contributed by atoms with Gasteiger partial charge in [0.1, 0.15) is 5.75 Å². The maximum absolute atomic E-state index is 12.6. The fourth-order valence-electron chi connectivity index (χ4n) is 2.66. The number of carbonyl (C=O) groups is 1. The number of nitrogens with one attached hydrogen (secondary N) is 2. The van der Waals surface area contributed by atoms with Gasteiger partial charge in [0.15, 0.2) is 0 Å². The molecule has 138 valence electrons. The molecule has 3 aromatic rings. The lowest BCUT2D eigenvalue weighted by molar-refractivity contribution is 0.102. The van der Waals surface area contributed by atoms with E-state index in [0.717, 1.165) is 11.4 Å². The van der Waals surface area contributed by atoms with Gasteiger partial charge in [-0.3, -0.25) is 9.78 Å². The van der Waals surface area contributed by atoms with Gasteiger partial charge in [-0.05, 0) is 62.2 Å². The Kier molecular flexibility index (Phi) is 5.71. The number of benzene rings is 2. The van der Waals surface area contributed by atoms with Crippen LogP contribution in [-0.2, 0) is 0 Å². The van der Waals surface area contributed by atoms with Crippen molar-refractivity contribution in [1.82, 2.24) is 4.98 Å². The average molecular weight is 361 g/mol. The van der Waals surface area contributed by atoms with Gasteiger partial charge in [0.2, 0.25) is 0 Å². The molecule has 0 aliphatic carbocycles. The summed E-state index contributed by atoms with van der Waals surface area (Å²) in [5.74, 6) is 0.407. The molecule has 1 aromatic heterocycles. The van der Waals surface area contributed by atoms with Crippen molar-refractivity contribution in [3.63, 3.8) is 0 Å². The maximum atomic E-state index is 12.6. The quantitative estimate of drug-likeness (QED) is 0.642. The largest absolute Gasteiger partial charge is 0.492 e. The van der Waals surface area contributed by atoms with Gasteiger partial charge >= 0.3 is 0 Å². The highest BCUT2D eigenvalue weighted by Crippen LogP contribution is 2.25. The second-order valence-corrected chi connectivity index (χ2v) is 6.27. The molecule has 0 saturated carbocycles. The van der Waals surface area contributed by atoms with Crippen LogP contribution < -0.4 is 15.4 Å². The van der Waals surface area contributed by atoms with Gasteiger partial charge < -0.3 is 15.4 Å². The third-order valence-corrected chi connectivity index (χ3v) is 4.23. The Labute approximate surface area is 159 Å². The summed E-state index contributed by atoms with van der Waals surface area (Å²) in [6.07, 6.45) is 3.24. The van der Waals surface area contributed by atoms with E-state index in [-0.39, 0.29) is 5.91 Å². The molecule has 0 radical (unpaired) electrons. The van der Waals surface area contributed by atoms with Crippen molar-refractivity contribution in [2.24, 2.45) is 0 Å². The SMILES string of the molecule is CCOc1ccccc1NC(=O)c1cncc(Nc2ccc(C)c(C)c2)c1. The molecule has 0 bridgehead atoms. The van der Waals surface area contributed by atoms with E-state index < -0.39 is 0 Å². The highest BCUT2D eigenvalue weighted by molar-refractivity contribution is 6.05. The number of carbonyl (C=O) groups excluding carboxylic acids is 1. The zero-order chi connectivity index (χ0) is 19.2. The number of nitrogens with zero attached hydrogens (tertiary/aromatic N) is 1. The van der Waals surface area contributed by atoms with E-state index in [2.05, 4.69) is 41.6 Å². The number of aryl methyl sites for hydroxylation is 2. The second-order valence-electron chi connectivity index (χ2n) is 6.27. The fourth-order valence-corrected chi connectivity index (χ4v) is 2.66. The topological polar surface area (TPSA) is 63.2 Å². The van der Waals surface area contributed by atoms with E-state index in [4.69, 9.17) is 4.74 Å². The number of rotatable bonds is 6. The van der Waals surface area contributed by atoms with Crippen molar-refractivity contribution in [3.05, 3.63) is 77.6 Å². The van der Waals surface area contributed by atoms with E-state index in [1.165, 1.54) is 11.1 Å². The summed E-state index contributed by atoms with van der Waals surface area (Å²) < 4.78 is 5.55. The van der Waals surface area contributed by atoms with Gasteiger partial charge in [0, 0.05) is 11.9 Å². The molecule has 0 aliphatic rings. The van der Waals surface area contributed by atoms with E-state index in [0.29, 0.717) is 23.6 Å². The lowest BCUT2D eigenvalue weighted by Gasteiger charge is -2.12. The average Bonchev–Trinajstić information content (AvgIpc) is 2.67. The summed E-state index contributed by atoms with van der Waals surface area (Å²) in [6, 6.07) is 15.3. The Morgan fingerprint density at radius 3 is 2.59 bits per heavy atom. The van der Waals surface area contributed by atoms with Crippen LogP contribution in [-0.4, -0.2) is 17.5 Å². The van der Waals surface area contributed by atoms with Gasteiger partial charge in [0.05, 0.1) is 29.7 Å². The number of hydrogen-bond acceptors (Lipinski definition) is 4. The van der Waals surface area contributed by atoms with Crippen molar-refractivity contribution in [1.29, 1.82) is 0 Å². The highest BCUT2D eigenvalue weighted by Gasteiger charge is 2.11. The van der Waals surface area contributed by atoms with Gasteiger partial charge in [-0.2, -0.15) is 0 Å². The molecule has 0 unspecified atom stereocenters. The Balaban J connectivity index is 1.76. The zero-order valence-electron chi connectivity index (χ0n) is 15.7. The molecular weight excluding hydrogens is 338 g/mol. The van der Waals surface area contributed by atoms with Crippen LogP contribution in [0.4, 0.5) is 17.1 Å². The molecule has 0 spiro atoms. The number of para-hydroxylation sites is 2. The third kappa shape index (κ3) is 4.64. The van der Waals surface area contributed by atoms with E-state index in [1.54, 1.807) is 18.5 Å². The van der Waals surface area contributed by atoms with Crippen LogP contribution in [0.25, 0.3) is 0 Å². The fraction of sp³-hybridized carbons (Fsp3) is 0.182. The molecule has 2 aromatic carbocycles. The van der Waals surface area contributed by atoms with Crippen molar-refractivity contribution >= 4 is 23.0 Å². The summed E-state index contributed by atoms with van der Waals surface area (Å²) >= 11 is 0. The smallest absolute Gasteiger partial charge is 0.257 e. The number of aromatic nitrogens is 1. The first-order chi connectivity index (χ1) is 13.1. The molecule has 27 heavy (non-hydrogen) atoms. The Morgan fingerprint density at radius 1 is 1.00 bits per heavy atom. The molecule has 5 nitrogen and oxygen atoms in total. The van der Waals surface area contributed by atoms with Crippen molar-refractivity contribution in [3.8, 4) is 5.75 Å². The van der Waals surface area contributed by atoms with Gasteiger partial charge in [-0.15, -0.1) is 0 Å². The Hall–Kier alpha value is -3.34. The molecule has 3 rings (SSSR count). The van der Waals surface area contributed by atoms with Crippen LogP contribution in [0.1, 0.15) is 28.4 Å². The lowest BCUT2D eigenvalue weighted by Crippen LogP contribution is -2.13. The third-order valence-electron chi connectivity index (χ3n) is 4.23. The lowest BCUT2D eigenvalue weighted by atomic mass is 10.1. The van der Waals surface area contributed by atoms with E-state index in [1.807, 2.05) is 37.3 Å². The molecule has 5 heteroatoms. The van der Waals surface area contributed by atoms with Gasteiger partial charge in [0.25, 0.3) is 5.91 Å². The maximum Gasteiger partial charge on any atom is 0.257 e. The van der Waals surface area contributed by atoms with E-state index in [9.17, 15) is 4.79 Å². The number of pyridine rings is 1. The first-order valence-corrected chi connectivity index (χ1v) is 8.89. The van der Waals surface area contributed by atoms with Crippen LogP contribution in [0.2, 0.25) is 0 Å². The van der Waals surface area contributed by atoms with Crippen LogP contribution in [0.3, 0.4) is 0 Å². The first kappa shape index (κ1) is 18.5. The second kappa shape index (κ2) is 8.36. The minimum Gasteiger partial charge on any atom is -0.492 e. The summed E-state index contributed by atoms with van der Waals surface area (Å²) in [5, 5.41) is 6.18. The van der Waals surface area contributed by atoms with E-state index >= 15 is 0 Å². The monoisotopic (exact) mass is 361 g/mol. The zero-order valence-corrected chi connectivity index (χ0v) is 15.7. The normalized spacial score (nSPS) is 10.3. The molecule has 1 amide bonds. The summed E-state index contributed by atoms with van der Waals surface area (Å²) in [7, 11) is 0. The summed E-state index contributed by atoms with van der Waals surface area (Å²) in [5.41, 5.74) is 5.25. The molecule has 0 atom stereocenters. The minimum absolute atomic E-state index is 0.238. The molecule has 0 saturated heterocycles. The van der Waals surface area contributed by atoms with Crippen molar-refractivity contribution in [2.45, 2.75) is 20.8 Å². The van der Waals surface area contributed by atoms with Crippen LogP contribution >= 0.6 is 0 Å². The first-order valence-electron chi connectivity index (χ1n) is 8.89. The van der Waals surface area contributed by atoms with Crippen LogP contribution in [0.5, 0.6) is 5.75 Å². The molecule has 1 heterocycles. The highest BCUT2D eigenvalue weighted by atomic mass is 16.5. The standard InChI is InChI=1S/C22H23N3O2/c1-4-27-21-8-6-5-7-20(21)25-22(26)17-12-19(14-23-13-17)24-18-10-9-15(2)16(3)11-18/h5-14,24H,4H2,1-3H3,(H,25,26). The predicted octanol–water partition coefficient (Wildman–Crippen LogP) is 5.09. The number of anilines is 3. The van der Waals surface area contributed by atoms with Crippen LogP contribution in [0.15, 0.2) is 60.9 Å². The number of ether oxygens (including phenoxy) is 1. The minimum atomic E-state index is -0.238. The van der Waals surface area contributed by atoms with Crippen molar-refractivity contribution < 1.29 is 9.53 Å². The van der Waals surface area contributed by atoms with Gasteiger partial charge in [-0.25, -0.2) is 0 Å². The van der Waals surface area contributed by atoms with Crippen molar-refractivity contribution in [2.75, 3.05) is 17.2 Å². The molecule has 0 aliphatic heterocycles.